The zero-order valence-corrected chi connectivity index (χ0v) is 14.5. The highest BCUT2D eigenvalue weighted by molar-refractivity contribution is 9.10. The molecule has 0 saturated heterocycles. The topological polar surface area (TPSA) is 62.2 Å². The molecule has 1 aromatic rings. The van der Waals surface area contributed by atoms with Crippen molar-refractivity contribution in [3.8, 4) is 0 Å². The van der Waals surface area contributed by atoms with Crippen LogP contribution in [0.3, 0.4) is 0 Å². The summed E-state index contributed by atoms with van der Waals surface area (Å²) in [5.41, 5.74) is -0.720. The molecule has 21 heavy (non-hydrogen) atoms. The van der Waals surface area contributed by atoms with Gasteiger partial charge in [0.2, 0.25) is 0 Å². The third-order valence-corrected chi connectivity index (χ3v) is 5.56. The van der Waals surface area contributed by atoms with Gasteiger partial charge >= 0.3 is 5.97 Å². The van der Waals surface area contributed by atoms with Crippen LogP contribution in [-0.2, 0) is 4.79 Å². The fourth-order valence-corrected chi connectivity index (χ4v) is 4.26. The van der Waals surface area contributed by atoms with Gasteiger partial charge in [0.05, 0.1) is 5.03 Å². The molecular formula is C15H21BrN2O2S. The summed E-state index contributed by atoms with van der Waals surface area (Å²) in [5.74, 6) is 0.413. The average molecular weight is 373 g/mol. The lowest BCUT2D eigenvalue weighted by Gasteiger charge is -2.32. The number of likely N-dealkylation sites (N-methyl/N-ethyl adjacent to an activating group) is 1. The van der Waals surface area contributed by atoms with Gasteiger partial charge in [-0.2, -0.15) is 0 Å². The first-order chi connectivity index (χ1) is 10.1. The zero-order chi connectivity index (χ0) is 15.3. The third-order valence-electron chi connectivity index (χ3n) is 4.11. The molecule has 4 nitrogen and oxygen atoms in total. The van der Waals surface area contributed by atoms with Crippen LogP contribution >= 0.6 is 27.7 Å². The maximum Gasteiger partial charge on any atom is 0.324 e. The van der Waals surface area contributed by atoms with Crippen LogP contribution in [0.1, 0.15) is 32.6 Å². The highest BCUT2D eigenvalue weighted by atomic mass is 79.9. The van der Waals surface area contributed by atoms with Crippen LogP contribution in [0, 0.1) is 5.92 Å². The predicted octanol–water partition coefficient (Wildman–Crippen LogP) is 3.56. The van der Waals surface area contributed by atoms with Crippen molar-refractivity contribution in [2.24, 2.45) is 5.92 Å². The van der Waals surface area contributed by atoms with Crippen LogP contribution in [0.25, 0.3) is 0 Å². The van der Waals surface area contributed by atoms with Crippen molar-refractivity contribution in [2.75, 3.05) is 12.3 Å². The summed E-state index contributed by atoms with van der Waals surface area (Å²) in [7, 11) is 0. The van der Waals surface area contributed by atoms with E-state index in [-0.39, 0.29) is 5.92 Å². The van der Waals surface area contributed by atoms with E-state index < -0.39 is 11.5 Å². The summed E-state index contributed by atoms with van der Waals surface area (Å²) < 4.78 is 0.972. The minimum absolute atomic E-state index is 0.206. The molecule has 6 heteroatoms. The van der Waals surface area contributed by atoms with Crippen molar-refractivity contribution < 1.29 is 9.90 Å². The highest BCUT2D eigenvalue weighted by Crippen LogP contribution is 2.39. The van der Waals surface area contributed by atoms with E-state index in [1.165, 1.54) is 0 Å². The molecule has 2 atom stereocenters. The molecule has 0 aliphatic heterocycles. The minimum Gasteiger partial charge on any atom is -0.480 e. The first-order valence-electron chi connectivity index (χ1n) is 7.31. The van der Waals surface area contributed by atoms with Gasteiger partial charge in [-0.3, -0.25) is 4.79 Å². The molecule has 0 aromatic carbocycles. The fourth-order valence-electron chi connectivity index (χ4n) is 3.13. The molecule has 1 aliphatic rings. The lowest BCUT2D eigenvalue weighted by molar-refractivity contribution is -0.146. The normalized spacial score (nSPS) is 25.1. The van der Waals surface area contributed by atoms with Crippen LogP contribution in [0.2, 0.25) is 0 Å². The smallest absolute Gasteiger partial charge is 0.324 e. The van der Waals surface area contributed by atoms with Gasteiger partial charge in [-0.1, -0.05) is 13.3 Å². The molecule has 0 amide bonds. The molecule has 1 fully saturated rings. The molecule has 1 aromatic heterocycles. The number of carboxylic acids is 1. The van der Waals surface area contributed by atoms with E-state index in [9.17, 15) is 9.90 Å². The Labute approximate surface area is 138 Å². The number of pyridine rings is 1. The number of hydrogen-bond acceptors (Lipinski definition) is 4. The van der Waals surface area contributed by atoms with Crippen molar-refractivity contribution in [3.63, 3.8) is 0 Å². The van der Waals surface area contributed by atoms with Crippen molar-refractivity contribution in [2.45, 2.75) is 43.2 Å². The number of thioether (sulfide) groups is 1. The van der Waals surface area contributed by atoms with Gasteiger partial charge in [-0.25, -0.2) is 4.98 Å². The number of rotatable bonds is 7. The summed E-state index contributed by atoms with van der Waals surface area (Å²) in [4.78, 5) is 16.0. The quantitative estimate of drug-likeness (QED) is 0.716. The highest BCUT2D eigenvalue weighted by Gasteiger charge is 2.48. The number of aliphatic carboxylic acids is 1. The van der Waals surface area contributed by atoms with Crippen molar-refractivity contribution >= 4 is 33.7 Å². The number of carboxylic acid groups (broad SMARTS) is 1. The Balaban J connectivity index is 1.92. The molecule has 2 rings (SSSR count). The van der Waals surface area contributed by atoms with Crippen LogP contribution in [0.15, 0.2) is 27.8 Å². The van der Waals surface area contributed by atoms with E-state index in [1.807, 2.05) is 19.1 Å². The second-order valence-corrected chi connectivity index (χ2v) is 7.38. The fraction of sp³-hybridized carbons (Fsp3) is 0.600. The third kappa shape index (κ3) is 3.99. The first-order valence-corrected chi connectivity index (χ1v) is 9.09. The lowest BCUT2D eigenvalue weighted by Crippen LogP contribution is -2.54. The SMILES string of the molecule is CCNC1(C(=O)O)CCCC1CCSc1ccc(Br)cn1. The molecule has 116 valence electrons. The van der Waals surface area contributed by atoms with Crippen molar-refractivity contribution in [1.82, 2.24) is 10.3 Å². The van der Waals surface area contributed by atoms with Crippen LogP contribution in [0.5, 0.6) is 0 Å². The molecule has 1 aliphatic carbocycles. The van der Waals surface area contributed by atoms with Gasteiger partial charge in [-0.15, -0.1) is 11.8 Å². The number of aromatic nitrogens is 1. The molecule has 2 N–H and O–H groups in total. The molecular weight excluding hydrogens is 352 g/mol. The summed E-state index contributed by atoms with van der Waals surface area (Å²) in [6, 6.07) is 3.96. The summed E-state index contributed by atoms with van der Waals surface area (Å²) in [6.45, 7) is 2.67. The predicted molar refractivity (Wildman–Crippen MR) is 88.7 cm³/mol. The Morgan fingerprint density at radius 1 is 1.62 bits per heavy atom. The van der Waals surface area contributed by atoms with E-state index in [0.717, 1.165) is 40.9 Å². The van der Waals surface area contributed by atoms with E-state index >= 15 is 0 Å². The summed E-state index contributed by atoms with van der Waals surface area (Å²) in [6.07, 6.45) is 5.42. The van der Waals surface area contributed by atoms with E-state index in [2.05, 4.69) is 26.2 Å². The molecule has 1 saturated carbocycles. The summed E-state index contributed by atoms with van der Waals surface area (Å²) >= 11 is 5.06. The van der Waals surface area contributed by atoms with Crippen molar-refractivity contribution in [3.05, 3.63) is 22.8 Å². The average Bonchev–Trinajstić information content (AvgIpc) is 2.86. The maximum absolute atomic E-state index is 11.7. The Morgan fingerprint density at radius 2 is 2.43 bits per heavy atom. The van der Waals surface area contributed by atoms with E-state index in [1.54, 1.807) is 18.0 Å². The number of nitrogens with one attached hydrogen (secondary N) is 1. The van der Waals surface area contributed by atoms with Gasteiger partial charge in [0.15, 0.2) is 0 Å². The van der Waals surface area contributed by atoms with Crippen LogP contribution in [0.4, 0.5) is 0 Å². The largest absolute Gasteiger partial charge is 0.480 e. The second-order valence-electron chi connectivity index (χ2n) is 5.35. The van der Waals surface area contributed by atoms with Crippen LogP contribution < -0.4 is 5.32 Å². The Hall–Kier alpha value is -0.590. The van der Waals surface area contributed by atoms with E-state index in [0.29, 0.717) is 6.54 Å². The number of carbonyl (C=O) groups is 1. The number of halogens is 1. The maximum atomic E-state index is 11.7. The van der Waals surface area contributed by atoms with E-state index in [4.69, 9.17) is 0 Å². The minimum atomic E-state index is -0.720. The standard InChI is InChI=1S/C15H21BrN2O2S/c1-2-18-15(14(19)20)8-3-4-11(15)7-9-21-13-6-5-12(16)10-17-13/h5-6,10-11,18H,2-4,7-9H2,1H3,(H,19,20). The zero-order valence-electron chi connectivity index (χ0n) is 12.1. The first kappa shape index (κ1) is 16.8. The Bertz CT molecular complexity index is 483. The molecule has 0 bridgehead atoms. The van der Waals surface area contributed by atoms with Crippen LogP contribution in [-0.4, -0.2) is 33.9 Å². The summed E-state index contributed by atoms with van der Waals surface area (Å²) in [5, 5.41) is 13.8. The van der Waals surface area contributed by atoms with Gasteiger partial charge < -0.3 is 10.4 Å². The van der Waals surface area contributed by atoms with Gasteiger partial charge in [0.25, 0.3) is 0 Å². The van der Waals surface area contributed by atoms with Crippen molar-refractivity contribution in [1.29, 1.82) is 0 Å². The Morgan fingerprint density at radius 3 is 3.05 bits per heavy atom. The second kappa shape index (κ2) is 7.61. The monoisotopic (exact) mass is 372 g/mol. The van der Waals surface area contributed by atoms with Gasteiger partial charge in [0.1, 0.15) is 5.54 Å². The number of hydrogen-bond donors (Lipinski definition) is 2. The lowest BCUT2D eigenvalue weighted by atomic mass is 9.85. The Kier molecular flexibility index (Phi) is 6.08. The number of nitrogens with zero attached hydrogens (tertiary/aromatic N) is 1. The molecule has 2 unspecified atom stereocenters. The molecule has 0 spiro atoms. The molecule has 0 radical (unpaired) electrons. The van der Waals surface area contributed by atoms with Gasteiger partial charge in [0, 0.05) is 10.7 Å². The molecule has 1 heterocycles. The van der Waals surface area contributed by atoms with Gasteiger partial charge in [-0.05, 0) is 65.5 Å².